The molecule has 0 N–H and O–H groups in total. The lowest BCUT2D eigenvalue weighted by atomic mass is 9.94. The van der Waals surface area contributed by atoms with Gasteiger partial charge >= 0.3 is 0 Å². The minimum Gasteiger partial charge on any atom is -0.215 e. The number of benzene rings is 3. The van der Waals surface area contributed by atoms with Crippen LogP contribution in [-0.2, 0) is 0 Å². The third kappa shape index (κ3) is 2.74. The summed E-state index contributed by atoms with van der Waals surface area (Å²) in [6, 6.07) is 24.9. The Hall–Kier alpha value is -3.20. The van der Waals surface area contributed by atoms with Crippen LogP contribution >= 0.6 is 0 Å². The van der Waals surface area contributed by atoms with Gasteiger partial charge in [-0.15, -0.1) is 0 Å². The van der Waals surface area contributed by atoms with Crippen molar-refractivity contribution in [2.45, 2.75) is 13.8 Å². The van der Waals surface area contributed by atoms with Crippen LogP contribution in [0.2, 0.25) is 0 Å². The first-order chi connectivity index (χ1) is 12.3. The Labute approximate surface area is 147 Å². The molecule has 0 aliphatic rings. The summed E-state index contributed by atoms with van der Waals surface area (Å²) in [5.41, 5.74) is 7.03. The first-order valence-corrected chi connectivity index (χ1v) is 8.37. The van der Waals surface area contributed by atoms with Gasteiger partial charge in [0, 0.05) is 11.1 Å². The summed E-state index contributed by atoms with van der Waals surface area (Å²) >= 11 is 0. The van der Waals surface area contributed by atoms with Crippen molar-refractivity contribution < 1.29 is 0 Å². The largest absolute Gasteiger partial charge is 0.215 e. The Balaban J connectivity index is 1.94. The molecular weight excluding hydrogens is 306 g/mol. The molecule has 1 aromatic heterocycles. The Morgan fingerprint density at radius 3 is 2.16 bits per heavy atom. The third-order valence-corrected chi connectivity index (χ3v) is 4.46. The predicted octanol–water partition coefficient (Wildman–Crippen LogP) is 5.22. The lowest BCUT2D eigenvalue weighted by Crippen LogP contribution is -2.03. The van der Waals surface area contributed by atoms with E-state index in [1.165, 1.54) is 22.3 Å². The maximum absolute atomic E-state index is 4.51. The highest BCUT2D eigenvalue weighted by molar-refractivity contribution is 5.78. The molecule has 25 heavy (non-hydrogen) atoms. The van der Waals surface area contributed by atoms with Crippen molar-refractivity contribution >= 4 is 0 Å². The van der Waals surface area contributed by atoms with Crippen LogP contribution < -0.4 is 0 Å². The second-order valence-corrected chi connectivity index (χ2v) is 6.15. The van der Waals surface area contributed by atoms with Gasteiger partial charge in [0.15, 0.2) is 5.82 Å². The third-order valence-electron chi connectivity index (χ3n) is 4.46. The summed E-state index contributed by atoms with van der Waals surface area (Å²) in [6.07, 6.45) is 1.61. The van der Waals surface area contributed by atoms with E-state index in [9.17, 15) is 0 Å². The molecule has 0 unspecified atom stereocenters. The molecule has 3 heteroatoms. The van der Waals surface area contributed by atoms with Gasteiger partial charge in [0.25, 0.3) is 0 Å². The van der Waals surface area contributed by atoms with E-state index in [4.69, 9.17) is 0 Å². The lowest BCUT2D eigenvalue weighted by Gasteiger charge is -2.15. The zero-order valence-electron chi connectivity index (χ0n) is 14.3. The van der Waals surface area contributed by atoms with E-state index >= 15 is 0 Å². The normalized spacial score (nSPS) is 10.8. The van der Waals surface area contributed by atoms with Crippen LogP contribution in [0.15, 0.2) is 79.1 Å². The predicted molar refractivity (Wildman–Crippen MR) is 102 cm³/mol. The zero-order chi connectivity index (χ0) is 17.2. The van der Waals surface area contributed by atoms with Crippen LogP contribution in [0, 0.1) is 13.8 Å². The Kier molecular flexibility index (Phi) is 3.90. The van der Waals surface area contributed by atoms with Crippen LogP contribution in [0.4, 0.5) is 0 Å². The van der Waals surface area contributed by atoms with Gasteiger partial charge in [-0.25, -0.2) is 9.67 Å². The number of hydrogen-bond acceptors (Lipinski definition) is 2. The summed E-state index contributed by atoms with van der Waals surface area (Å²) in [4.78, 5) is 4.49. The molecule has 0 saturated carbocycles. The van der Waals surface area contributed by atoms with E-state index in [0.29, 0.717) is 0 Å². The van der Waals surface area contributed by atoms with Crippen molar-refractivity contribution in [2.24, 2.45) is 0 Å². The fraction of sp³-hybridized carbons (Fsp3) is 0.0909. The van der Waals surface area contributed by atoms with Crippen molar-refractivity contribution in [3.63, 3.8) is 0 Å². The highest BCUT2D eigenvalue weighted by atomic mass is 15.3. The SMILES string of the molecule is Cc1cccc(C)c1-c1ccccc1-n1ncnc1-c1ccccc1. The molecule has 0 aliphatic heterocycles. The molecule has 3 aromatic carbocycles. The topological polar surface area (TPSA) is 30.7 Å². The second kappa shape index (κ2) is 6.36. The first-order valence-electron chi connectivity index (χ1n) is 8.37. The van der Waals surface area contributed by atoms with Gasteiger partial charge in [0.05, 0.1) is 5.69 Å². The van der Waals surface area contributed by atoms with E-state index < -0.39 is 0 Å². The Bertz CT molecular complexity index is 996. The van der Waals surface area contributed by atoms with Gasteiger partial charge in [-0.3, -0.25) is 0 Å². The molecule has 1 heterocycles. The van der Waals surface area contributed by atoms with E-state index in [1.807, 2.05) is 28.9 Å². The van der Waals surface area contributed by atoms with Gasteiger partial charge in [0.2, 0.25) is 0 Å². The number of aromatic nitrogens is 3. The van der Waals surface area contributed by atoms with Gasteiger partial charge in [-0.1, -0.05) is 66.7 Å². The maximum atomic E-state index is 4.51. The standard InChI is InChI=1S/C22H19N3/c1-16-9-8-10-17(2)21(16)19-13-6-7-14-20(19)25-22(23-15-24-25)18-11-4-3-5-12-18/h3-15H,1-2H3. The average Bonchev–Trinajstić information content (AvgIpc) is 3.12. The summed E-state index contributed by atoms with van der Waals surface area (Å²) in [5.74, 6) is 0.847. The van der Waals surface area contributed by atoms with Crippen LogP contribution in [-0.4, -0.2) is 14.8 Å². The number of hydrogen-bond donors (Lipinski definition) is 0. The average molecular weight is 325 g/mol. The highest BCUT2D eigenvalue weighted by Gasteiger charge is 2.15. The van der Waals surface area contributed by atoms with Gasteiger partial charge in [-0.05, 0) is 36.6 Å². The van der Waals surface area contributed by atoms with Crippen molar-refractivity contribution in [3.05, 3.63) is 90.3 Å². The van der Waals surface area contributed by atoms with Crippen molar-refractivity contribution in [3.8, 4) is 28.2 Å². The number of aryl methyl sites for hydroxylation is 2. The van der Waals surface area contributed by atoms with Crippen molar-refractivity contribution in [2.75, 3.05) is 0 Å². The molecule has 4 rings (SSSR count). The zero-order valence-corrected chi connectivity index (χ0v) is 14.3. The molecule has 4 aromatic rings. The molecule has 0 radical (unpaired) electrons. The fourth-order valence-electron chi connectivity index (χ4n) is 3.31. The number of rotatable bonds is 3. The number of nitrogens with zero attached hydrogens (tertiary/aromatic N) is 3. The highest BCUT2D eigenvalue weighted by Crippen LogP contribution is 2.33. The van der Waals surface area contributed by atoms with Crippen molar-refractivity contribution in [1.82, 2.24) is 14.8 Å². The minimum absolute atomic E-state index is 0.847. The molecule has 0 saturated heterocycles. The lowest BCUT2D eigenvalue weighted by molar-refractivity contribution is 0.888. The van der Waals surface area contributed by atoms with E-state index in [2.05, 4.69) is 72.5 Å². The molecule has 0 bridgehead atoms. The van der Waals surface area contributed by atoms with E-state index in [1.54, 1.807) is 6.33 Å². The quantitative estimate of drug-likeness (QED) is 0.517. The van der Waals surface area contributed by atoms with Gasteiger partial charge in [0.1, 0.15) is 6.33 Å². The molecule has 0 fully saturated rings. The number of para-hydroxylation sites is 1. The fourth-order valence-corrected chi connectivity index (χ4v) is 3.31. The Morgan fingerprint density at radius 1 is 0.720 bits per heavy atom. The minimum atomic E-state index is 0.847. The van der Waals surface area contributed by atoms with E-state index in [0.717, 1.165) is 17.1 Å². The molecule has 0 spiro atoms. The van der Waals surface area contributed by atoms with Crippen LogP contribution in [0.1, 0.15) is 11.1 Å². The summed E-state index contributed by atoms with van der Waals surface area (Å²) < 4.78 is 1.93. The molecule has 0 amide bonds. The monoisotopic (exact) mass is 325 g/mol. The molecule has 3 nitrogen and oxygen atoms in total. The van der Waals surface area contributed by atoms with E-state index in [-0.39, 0.29) is 0 Å². The molecule has 122 valence electrons. The maximum Gasteiger partial charge on any atom is 0.163 e. The smallest absolute Gasteiger partial charge is 0.163 e. The second-order valence-electron chi connectivity index (χ2n) is 6.15. The first kappa shape index (κ1) is 15.3. The Morgan fingerprint density at radius 2 is 1.40 bits per heavy atom. The summed E-state index contributed by atoms with van der Waals surface area (Å²) in [6.45, 7) is 4.30. The van der Waals surface area contributed by atoms with Crippen LogP contribution in [0.5, 0.6) is 0 Å². The van der Waals surface area contributed by atoms with Crippen LogP contribution in [0.25, 0.3) is 28.2 Å². The van der Waals surface area contributed by atoms with Gasteiger partial charge in [-0.2, -0.15) is 5.10 Å². The summed E-state index contributed by atoms with van der Waals surface area (Å²) in [5, 5.41) is 4.51. The van der Waals surface area contributed by atoms with Crippen LogP contribution in [0.3, 0.4) is 0 Å². The van der Waals surface area contributed by atoms with Crippen molar-refractivity contribution in [1.29, 1.82) is 0 Å². The molecule has 0 aliphatic carbocycles. The molecular formula is C22H19N3. The van der Waals surface area contributed by atoms with Gasteiger partial charge < -0.3 is 0 Å². The molecule has 0 atom stereocenters. The summed E-state index contributed by atoms with van der Waals surface area (Å²) in [7, 11) is 0.